The van der Waals surface area contributed by atoms with Crippen molar-refractivity contribution in [2.45, 2.75) is 23.4 Å². The van der Waals surface area contributed by atoms with Gasteiger partial charge >= 0.3 is 0 Å². The number of nitrogens with zero attached hydrogens (tertiary/aromatic N) is 3. The minimum absolute atomic E-state index is 0.172. The van der Waals surface area contributed by atoms with Crippen LogP contribution in [0, 0.1) is 6.92 Å². The van der Waals surface area contributed by atoms with E-state index in [1.807, 2.05) is 67.7 Å². The molecule has 29 heavy (non-hydrogen) atoms. The van der Waals surface area contributed by atoms with Crippen LogP contribution in [0.25, 0.3) is 0 Å². The quantitative estimate of drug-likeness (QED) is 0.493. The maximum Gasteiger partial charge on any atom is 0.258 e. The second-order valence-electron chi connectivity index (χ2n) is 6.52. The summed E-state index contributed by atoms with van der Waals surface area (Å²) in [7, 11) is 0. The average molecular weight is 401 g/mol. The van der Waals surface area contributed by atoms with Crippen LogP contribution in [-0.4, -0.2) is 20.4 Å². The topological polar surface area (TPSA) is 59.8 Å². The van der Waals surface area contributed by atoms with Gasteiger partial charge in [-0.15, -0.1) is 0 Å². The number of anilines is 1. The first-order chi connectivity index (χ1) is 14.2. The molecule has 2 heterocycles. The van der Waals surface area contributed by atoms with Crippen molar-refractivity contribution in [3.8, 4) is 0 Å². The first-order valence-corrected chi connectivity index (χ1v) is 10.1. The number of aryl methyl sites for hydroxylation is 1. The van der Waals surface area contributed by atoms with E-state index in [4.69, 9.17) is 0 Å². The second kappa shape index (κ2) is 8.75. The summed E-state index contributed by atoms with van der Waals surface area (Å²) in [4.78, 5) is 22.5. The normalized spacial score (nSPS) is 10.7. The zero-order chi connectivity index (χ0) is 20.1. The Bertz CT molecular complexity index is 1110. The van der Waals surface area contributed by atoms with E-state index in [-0.39, 0.29) is 5.91 Å². The Morgan fingerprint density at radius 2 is 1.76 bits per heavy atom. The number of amides is 1. The van der Waals surface area contributed by atoms with Crippen LogP contribution in [-0.2, 0) is 6.54 Å². The average Bonchev–Trinajstić information content (AvgIpc) is 3.15. The summed E-state index contributed by atoms with van der Waals surface area (Å²) in [6, 6.07) is 21.3. The highest BCUT2D eigenvalue weighted by molar-refractivity contribution is 7.99. The largest absolute Gasteiger partial charge is 0.331 e. The van der Waals surface area contributed by atoms with Crippen molar-refractivity contribution in [3.05, 3.63) is 102 Å². The molecule has 6 heteroatoms. The second-order valence-corrected chi connectivity index (χ2v) is 7.59. The number of nitrogens with one attached hydrogen (secondary N) is 1. The number of rotatable bonds is 6. The SMILES string of the molecule is Cc1nccn1Cc1ccc(NC(=O)c2cccnc2Sc2ccccc2)cc1. The maximum atomic E-state index is 12.8. The lowest BCUT2D eigenvalue weighted by Crippen LogP contribution is -2.13. The molecule has 0 radical (unpaired) electrons. The molecule has 0 aliphatic rings. The van der Waals surface area contributed by atoms with E-state index in [2.05, 4.69) is 19.9 Å². The Balaban J connectivity index is 1.46. The summed E-state index contributed by atoms with van der Waals surface area (Å²) in [5.74, 6) is 0.803. The number of imidazole rings is 1. The Labute approximate surface area is 173 Å². The molecule has 0 saturated heterocycles. The zero-order valence-electron chi connectivity index (χ0n) is 15.9. The molecule has 0 unspecified atom stereocenters. The van der Waals surface area contributed by atoms with Gasteiger partial charge in [0.1, 0.15) is 10.9 Å². The van der Waals surface area contributed by atoms with E-state index in [1.54, 1.807) is 24.5 Å². The molecule has 4 rings (SSSR count). The van der Waals surface area contributed by atoms with Crippen molar-refractivity contribution >= 4 is 23.4 Å². The van der Waals surface area contributed by atoms with Crippen LogP contribution in [0.1, 0.15) is 21.7 Å². The molecule has 0 aliphatic heterocycles. The smallest absolute Gasteiger partial charge is 0.258 e. The first kappa shape index (κ1) is 19.0. The van der Waals surface area contributed by atoms with E-state index in [1.165, 1.54) is 11.8 Å². The molecule has 4 aromatic rings. The van der Waals surface area contributed by atoms with Gasteiger partial charge in [-0.05, 0) is 48.9 Å². The molecule has 0 bridgehead atoms. The van der Waals surface area contributed by atoms with Gasteiger partial charge in [0.05, 0.1) is 5.56 Å². The Morgan fingerprint density at radius 1 is 0.966 bits per heavy atom. The lowest BCUT2D eigenvalue weighted by Gasteiger charge is -2.10. The van der Waals surface area contributed by atoms with Crippen molar-refractivity contribution in [1.29, 1.82) is 0 Å². The monoisotopic (exact) mass is 400 g/mol. The number of hydrogen-bond acceptors (Lipinski definition) is 4. The van der Waals surface area contributed by atoms with E-state index in [0.29, 0.717) is 10.6 Å². The van der Waals surface area contributed by atoms with Crippen LogP contribution >= 0.6 is 11.8 Å². The molecule has 0 fully saturated rings. The predicted molar refractivity (Wildman–Crippen MR) is 115 cm³/mol. The van der Waals surface area contributed by atoms with Crippen LogP contribution in [0.4, 0.5) is 5.69 Å². The van der Waals surface area contributed by atoms with Crippen LogP contribution in [0.2, 0.25) is 0 Å². The van der Waals surface area contributed by atoms with Crippen LogP contribution < -0.4 is 5.32 Å². The third kappa shape index (κ3) is 4.73. The molecule has 0 atom stereocenters. The molecular weight excluding hydrogens is 380 g/mol. The van der Waals surface area contributed by atoms with Gasteiger partial charge in [-0.1, -0.05) is 42.1 Å². The third-order valence-corrected chi connectivity index (χ3v) is 5.49. The summed E-state index contributed by atoms with van der Waals surface area (Å²) >= 11 is 1.48. The third-order valence-electron chi connectivity index (χ3n) is 4.46. The van der Waals surface area contributed by atoms with Gasteiger partial charge in [0.15, 0.2) is 0 Å². The number of hydrogen-bond donors (Lipinski definition) is 1. The van der Waals surface area contributed by atoms with Crippen LogP contribution in [0.15, 0.2) is 95.2 Å². The molecule has 1 N–H and O–H groups in total. The van der Waals surface area contributed by atoms with Crippen molar-refractivity contribution in [2.75, 3.05) is 5.32 Å². The van der Waals surface area contributed by atoms with Crippen LogP contribution in [0.3, 0.4) is 0 Å². The van der Waals surface area contributed by atoms with Crippen molar-refractivity contribution in [1.82, 2.24) is 14.5 Å². The lowest BCUT2D eigenvalue weighted by atomic mass is 10.2. The number of pyridine rings is 1. The first-order valence-electron chi connectivity index (χ1n) is 9.25. The van der Waals surface area contributed by atoms with Gasteiger partial charge in [-0.2, -0.15) is 0 Å². The highest BCUT2D eigenvalue weighted by Crippen LogP contribution is 2.28. The van der Waals surface area contributed by atoms with Gasteiger partial charge in [0, 0.05) is 35.7 Å². The Kier molecular flexibility index (Phi) is 5.72. The zero-order valence-corrected chi connectivity index (χ0v) is 16.8. The number of aromatic nitrogens is 3. The van der Waals surface area contributed by atoms with Crippen molar-refractivity contribution < 1.29 is 4.79 Å². The minimum atomic E-state index is -0.172. The van der Waals surface area contributed by atoms with Crippen molar-refractivity contribution in [2.24, 2.45) is 0 Å². The fourth-order valence-electron chi connectivity index (χ4n) is 2.90. The summed E-state index contributed by atoms with van der Waals surface area (Å²) in [5, 5.41) is 3.65. The van der Waals surface area contributed by atoms with Gasteiger partial charge in [-0.3, -0.25) is 4.79 Å². The highest BCUT2D eigenvalue weighted by atomic mass is 32.2. The maximum absolute atomic E-state index is 12.8. The molecule has 2 aromatic heterocycles. The Morgan fingerprint density at radius 3 is 2.48 bits per heavy atom. The van der Waals surface area contributed by atoms with Gasteiger partial charge in [-0.25, -0.2) is 9.97 Å². The fraction of sp³-hybridized carbons (Fsp3) is 0.0870. The molecule has 5 nitrogen and oxygen atoms in total. The standard InChI is InChI=1S/C23H20N4OS/c1-17-24-14-15-27(17)16-18-9-11-19(12-10-18)26-22(28)21-8-5-13-25-23(21)29-20-6-3-2-4-7-20/h2-15H,16H2,1H3,(H,26,28). The van der Waals surface area contributed by atoms with Crippen LogP contribution in [0.5, 0.6) is 0 Å². The van der Waals surface area contributed by atoms with E-state index < -0.39 is 0 Å². The molecule has 0 spiro atoms. The minimum Gasteiger partial charge on any atom is -0.331 e. The predicted octanol–water partition coefficient (Wildman–Crippen LogP) is 5.04. The summed E-state index contributed by atoms with van der Waals surface area (Å²) in [6.07, 6.45) is 5.46. The molecule has 2 aromatic carbocycles. The molecule has 144 valence electrons. The van der Waals surface area contributed by atoms with E-state index in [9.17, 15) is 4.79 Å². The molecule has 1 amide bonds. The number of carbonyl (C=O) groups is 1. The summed E-state index contributed by atoms with van der Waals surface area (Å²) in [6.45, 7) is 2.73. The summed E-state index contributed by atoms with van der Waals surface area (Å²) in [5.41, 5.74) is 2.45. The summed E-state index contributed by atoms with van der Waals surface area (Å²) < 4.78 is 2.08. The van der Waals surface area contributed by atoms with Gasteiger partial charge < -0.3 is 9.88 Å². The fourth-order valence-corrected chi connectivity index (χ4v) is 3.81. The molecular formula is C23H20N4OS. The number of carbonyl (C=O) groups excluding carboxylic acids is 1. The Hall–Kier alpha value is -3.38. The van der Waals surface area contributed by atoms with Crippen molar-refractivity contribution in [3.63, 3.8) is 0 Å². The molecule has 0 saturated carbocycles. The molecule has 0 aliphatic carbocycles. The van der Waals surface area contributed by atoms with E-state index >= 15 is 0 Å². The van der Waals surface area contributed by atoms with Gasteiger partial charge in [0.25, 0.3) is 5.91 Å². The lowest BCUT2D eigenvalue weighted by molar-refractivity contribution is 0.102. The van der Waals surface area contributed by atoms with E-state index in [0.717, 1.165) is 28.5 Å². The van der Waals surface area contributed by atoms with Gasteiger partial charge in [0.2, 0.25) is 0 Å². The number of benzene rings is 2. The highest BCUT2D eigenvalue weighted by Gasteiger charge is 2.13.